The van der Waals surface area contributed by atoms with Gasteiger partial charge in [0, 0.05) is 4.88 Å². The van der Waals surface area contributed by atoms with Gasteiger partial charge in [0.05, 0.1) is 4.91 Å². The Balaban J connectivity index is 2.07. The zero-order valence-electron chi connectivity index (χ0n) is 10.6. The van der Waals surface area contributed by atoms with Crippen LogP contribution in [0, 0.1) is 6.92 Å². The molecule has 98 valence electrons. The maximum Gasteiger partial charge on any atom is 0.212 e. The van der Waals surface area contributed by atoms with E-state index < -0.39 is 9.84 Å². The molecule has 0 atom stereocenters. The molecule has 19 heavy (non-hydrogen) atoms. The minimum Gasteiger partial charge on any atom is -0.218 e. The van der Waals surface area contributed by atoms with Gasteiger partial charge in [0.25, 0.3) is 0 Å². The Kier molecular flexibility index (Phi) is 3.07. The van der Waals surface area contributed by atoms with Gasteiger partial charge in [0.2, 0.25) is 9.84 Å². The van der Waals surface area contributed by atoms with E-state index in [0.717, 1.165) is 16.9 Å². The van der Waals surface area contributed by atoms with Crippen LogP contribution >= 0.6 is 11.3 Å². The fourth-order valence-corrected chi connectivity index (χ4v) is 5.21. The Morgan fingerprint density at radius 1 is 1.05 bits per heavy atom. The first-order valence-corrected chi connectivity index (χ1v) is 8.47. The van der Waals surface area contributed by atoms with Crippen LogP contribution in [0.4, 0.5) is 0 Å². The molecule has 1 heterocycles. The minimum atomic E-state index is -3.30. The highest BCUT2D eigenvalue weighted by molar-refractivity contribution is 7.97. The first-order valence-electron chi connectivity index (χ1n) is 6.17. The van der Waals surface area contributed by atoms with Gasteiger partial charge in [-0.05, 0) is 49.1 Å². The Hall–Kier alpha value is -1.39. The van der Waals surface area contributed by atoms with Crippen molar-refractivity contribution >= 4 is 27.3 Å². The summed E-state index contributed by atoms with van der Waals surface area (Å²) in [5.74, 6) is 0. The Bertz CT molecular complexity index is 752. The standard InChI is InChI=1S/C15H14O2S2/c1-11-6-9-15(18-11)19(16,17)14-8-7-12-4-2-3-5-13(12)10-14/h2-6,9-10H,7-8H2,1H3. The van der Waals surface area contributed by atoms with E-state index in [2.05, 4.69) is 6.07 Å². The smallest absolute Gasteiger partial charge is 0.212 e. The molecule has 0 saturated carbocycles. The predicted molar refractivity (Wildman–Crippen MR) is 79.0 cm³/mol. The highest BCUT2D eigenvalue weighted by atomic mass is 32.2. The molecule has 0 bridgehead atoms. The molecular weight excluding hydrogens is 276 g/mol. The molecule has 0 radical (unpaired) electrons. The molecule has 1 aliphatic carbocycles. The van der Waals surface area contributed by atoms with E-state index >= 15 is 0 Å². The highest BCUT2D eigenvalue weighted by Gasteiger charge is 2.24. The number of sulfone groups is 1. The van der Waals surface area contributed by atoms with Gasteiger partial charge in [-0.25, -0.2) is 8.42 Å². The highest BCUT2D eigenvalue weighted by Crippen LogP contribution is 2.33. The van der Waals surface area contributed by atoms with Crippen molar-refractivity contribution < 1.29 is 8.42 Å². The summed E-state index contributed by atoms with van der Waals surface area (Å²) in [6.07, 6.45) is 3.21. The molecule has 3 rings (SSSR count). The van der Waals surface area contributed by atoms with E-state index in [1.807, 2.05) is 37.3 Å². The molecule has 1 aromatic carbocycles. The number of aryl methyl sites for hydroxylation is 2. The van der Waals surface area contributed by atoms with Crippen LogP contribution in [-0.2, 0) is 16.3 Å². The minimum absolute atomic E-state index is 0.454. The van der Waals surface area contributed by atoms with E-state index in [4.69, 9.17) is 0 Å². The molecule has 0 unspecified atom stereocenters. The van der Waals surface area contributed by atoms with E-state index in [9.17, 15) is 8.42 Å². The van der Waals surface area contributed by atoms with Gasteiger partial charge >= 0.3 is 0 Å². The van der Waals surface area contributed by atoms with Crippen LogP contribution in [-0.4, -0.2) is 8.42 Å². The second-order valence-electron chi connectivity index (χ2n) is 4.68. The Labute approximate surface area is 117 Å². The number of hydrogen-bond donors (Lipinski definition) is 0. The fourth-order valence-electron chi connectivity index (χ4n) is 2.30. The molecule has 1 aliphatic rings. The summed E-state index contributed by atoms with van der Waals surface area (Å²) >= 11 is 1.34. The second-order valence-corrected chi connectivity index (χ2v) is 8.20. The molecular formula is C15H14O2S2. The van der Waals surface area contributed by atoms with Crippen LogP contribution in [0.25, 0.3) is 6.08 Å². The fraction of sp³-hybridized carbons (Fsp3) is 0.200. The van der Waals surface area contributed by atoms with Gasteiger partial charge < -0.3 is 0 Å². The monoisotopic (exact) mass is 290 g/mol. The number of fused-ring (bicyclic) bond motifs is 1. The van der Waals surface area contributed by atoms with Crippen molar-refractivity contribution in [1.29, 1.82) is 0 Å². The third-order valence-corrected chi connectivity index (χ3v) is 6.72. The lowest BCUT2D eigenvalue weighted by atomic mass is 9.98. The lowest BCUT2D eigenvalue weighted by Gasteiger charge is -2.15. The SMILES string of the molecule is Cc1ccc(S(=O)(=O)C2=Cc3ccccc3CC2)s1. The molecule has 2 nitrogen and oxygen atoms in total. The number of hydrogen-bond acceptors (Lipinski definition) is 3. The lowest BCUT2D eigenvalue weighted by molar-refractivity contribution is 0.602. The second kappa shape index (κ2) is 4.62. The van der Waals surface area contributed by atoms with Crippen LogP contribution in [0.1, 0.15) is 22.4 Å². The van der Waals surface area contributed by atoms with E-state index in [1.165, 1.54) is 16.9 Å². The van der Waals surface area contributed by atoms with Crippen LogP contribution in [0.5, 0.6) is 0 Å². The molecule has 0 saturated heterocycles. The largest absolute Gasteiger partial charge is 0.218 e. The van der Waals surface area contributed by atoms with E-state index in [1.54, 1.807) is 6.07 Å². The quantitative estimate of drug-likeness (QED) is 0.842. The first-order chi connectivity index (χ1) is 9.07. The third-order valence-electron chi connectivity index (χ3n) is 3.34. The zero-order chi connectivity index (χ0) is 13.5. The van der Waals surface area contributed by atoms with Crippen molar-refractivity contribution in [3.8, 4) is 0 Å². The van der Waals surface area contributed by atoms with Gasteiger partial charge in [0.15, 0.2) is 0 Å². The van der Waals surface area contributed by atoms with Gasteiger partial charge in [-0.1, -0.05) is 24.3 Å². The molecule has 0 spiro atoms. The number of allylic oxidation sites excluding steroid dienone is 1. The Morgan fingerprint density at radius 2 is 1.84 bits per heavy atom. The summed E-state index contributed by atoms with van der Waals surface area (Å²) in [5, 5.41) is 0. The van der Waals surface area contributed by atoms with Crippen molar-refractivity contribution in [3.05, 3.63) is 57.3 Å². The maximum atomic E-state index is 12.6. The normalized spacial score (nSPS) is 14.9. The summed E-state index contributed by atoms with van der Waals surface area (Å²) in [6.45, 7) is 1.92. The van der Waals surface area contributed by atoms with Gasteiger partial charge in [0.1, 0.15) is 4.21 Å². The summed E-state index contributed by atoms with van der Waals surface area (Å²) < 4.78 is 25.6. The van der Waals surface area contributed by atoms with Gasteiger partial charge in [-0.3, -0.25) is 0 Å². The van der Waals surface area contributed by atoms with Crippen molar-refractivity contribution in [2.24, 2.45) is 0 Å². The average molecular weight is 290 g/mol. The average Bonchev–Trinajstić information content (AvgIpc) is 2.85. The summed E-state index contributed by atoms with van der Waals surface area (Å²) in [6, 6.07) is 11.5. The summed E-state index contributed by atoms with van der Waals surface area (Å²) in [7, 11) is -3.30. The van der Waals surface area contributed by atoms with Crippen molar-refractivity contribution in [2.75, 3.05) is 0 Å². The predicted octanol–water partition coefficient (Wildman–Crippen LogP) is 3.82. The first kappa shape index (κ1) is 12.6. The zero-order valence-corrected chi connectivity index (χ0v) is 12.2. The molecule has 1 aromatic heterocycles. The van der Waals surface area contributed by atoms with Crippen molar-refractivity contribution in [1.82, 2.24) is 0 Å². The molecule has 4 heteroatoms. The maximum absolute atomic E-state index is 12.6. The third kappa shape index (κ3) is 2.26. The van der Waals surface area contributed by atoms with Gasteiger partial charge in [-0.2, -0.15) is 0 Å². The van der Waals surface area contributed by atoms with E-state index in [0.29, 0.717) is 15.5 Å². The molecule has 0 amide bonds. The van der Waals surface area contributed by atoms with Crippen molar-refractivity contribution in [3.63, 3.8) is 0 Å². The summed E-state index contributed by atoms with van der Waals surface area (Å²) in [5.41, 5.74) is 2.25. The molecule has 0 aliphatic heterocycles. The van der Waals surface area contributed by atoms with Gasteiger partial charge in [-0.15, -0.1) is 11.3 Å². The van der Waals surface area contributed by atoms with Crippen LogP contribution in [0.2, 0.25) is 0 Å². The van der Waals surface area contributed by atoms with E-state index in [-0.39, 0.29) is 0 Å². The molecule has 2 aromatic rings. The number of thiophene rings is 1. The number of benzene rings is 1. The molecule has 0 fully saturated rings. The number of rotatable bonds is 2. The topological polar surface area (TPSA) is 34.1 Å². The van der Waals surface area contributed by atoms with Crippen LogP contribution in [0.15, 0.2) is 45.5 Å². The lowest BCUT2D eigenvalue weighted by Crippen LogP contribution is -2.08. The Morgan fingerprint density at radius 3 is 2.58 bits per heavy atom. The summed E-state index contributed by atoms with van der Waals surface area (Å²) in [4.78, 5) is 1.56. The van der Waals surface area contributed by atoms with Crippen molar-refractivity contribution in [2.45, 2.75) is 24.0 Å². The van der Waals surface area contributed by atoms with Crippen LogP contribution in [0.3, 0.4) is 0 Å². The van der Waals surface area contributed by atoms with Crippen LogP contribution < -0.4 is 0 Å². The molecule has 0 N–H and O–H groups in total.